The summed E-state index contributed by atoms with van der Waals surface area (Å²) in [6.45, 7) is 2.54. The number of aryl methyl sites for hydroxylation is 1. The first-order valence-corrected chi connectivity index (χ1v) is 8.03. The third-order valence-electron chi connectivity index (χ3n) is 3.62. The van der Waals surface area contributed by atoms with Gasteiger partial charge in [0.15, 0.2) is 0 Å². The average molecular weight is 343 g/mol. The van der Waals surface area contributed by atoms with Crippen LogP contribution in [-0.2, 0) is 9.59 Å². The van der Waals surface area contributed by atoms with Crippen molar-refractivity contribution in [3.63, 3.8) is 0 Å². The van der Waals surface area contributed by atoms with E-state index in [1.165, 1.54) is 12.1 Å². The largest absolute Gasteiger partial charge is 0.325 e. The van der Waals surface area contributed by atoms with E-state index < -0.39 is 5.82 Å². The lowest BCUT2D eigenvalue weighted by Crippen LogP contribution is -2.32. The Kier molecular flexibility index (Phi) is 6.65. The molecule has 2 amide bonds. The Balaban J connectivity index is 1.73. The highest BCUT2D eigenvalue weighted by Gasteiger charge is 2.10. The summed E-state index contributed by atoms with van der Waals surface area (Å²) < 4.78 is 13.5. The van der Waals surface area contributed by atoms with E-state index in [-0.39, 0.29) is 30.5 Å². The number of nitrogens with zero attached hydrogens (tertiary/aromatic N) is 1. The van der Waals surface area contributed by atoms with Gasteiger partial charge in [-0.25, -0.2) is 4.39 Å². The Morgan fingerprint density at radius 1 is 1.00 bits per heavy atom. The van der Waals surface area contributed by atoms with E-state index in [2.05, 4.69) is 10.6 Å². The van der Waals surface area contributed by atoms with E-state index >= 15 is 0 Å². The number of hydrogen-bond donors (Lipinski definition) is 2. The molecule has 2 aromatic carbocycles. The molecule has 0 saturated carbocycles. The maximum absolute atomic E-state index is 13.5. The van der Waals surface area contributed by atoms with E-state index in [9.17, 15) is 14.0 Å². The lowest BCUT2D eigenvalue weighted by Gasteiger charge is -2.16. The molecule has 0 fully saturated rings. The van der Waals surface area contributed by atoms with Crippen LogP contribution in [0.4, 0.5) is 15.8 Å². The van der Waals surface area contributed by atoms with E-state index in [1.807, 2.05) is 31.2 Å². The molecular weight excluding hydrogens is 321 g/mol. The summed E-state index contributed by atoms with van der Waals surface area (Å²) >= 11 is 0. The van der Waals surface area contributed by atoms with E-state index in [1.54, 1.807) is 24.1 Å². The average Bonchev–Trinajstić information content (AvgIpc) is 2.57. The van der Waals surface area contributed by atoms with Crippen molar-refractivity contribution >= 4 is 23.2 Å². The molecule has 5 nitrogen and oxygen atoms in total. The van der Waals surface area contributed by atoms with Crippen LogP contribution in [0.3, 0.4) is 0 Å². The van der Waals surface area contributed by atoms with E-state index in [0.717, 1.165) is 11.3 Å². The molecule has 2 rings (SSSR count). The van der Waals surface area contributed by atoms with Crippen molar-refractivity contribution in [3.8, 4) is 0 Å². The predicted molar refractivity (Wildman–Crippen MR) is 97.0 cm³/mol. The molecule has 0 aliphatic heterocycles. The van der Waals surface area contributed by atoms with Gasteiger partial charge < -0.3 is 10.6 Å². The lowest BCUT2D eigenvalue weighted by molar-refractivity contribution is -0.119. The number of halogens is 1. The molecule has 2 aromatic rings. The zero-order valence-electron chi connectivity index (χ0n) is 14.4. The number of rotatable bonds is 7. The van der Waals surface area contributed by atoms with Crippen LogP contribution in [0.5, 0.6) is 0 Å². The summed E-state index contributed by atoms with van der Waals surface area (Å²) in [4.78, 5) is 25.6. The van der Waals surface area contributed by atoms with Crippen LogP contribution in [0.25, 0.3) is 0 Å². The molecule has 25 heavy (non-hydrogen) atoms. The van der Waals surface area contributed by atoms with Gasteiger partial charge in [0.05, 0.1) is 12.2 Å². The van der Waals surface area contributed by atoms with Gasteiger partial charge in [-0.3, -0.25) is 14.5 Å². The molecule has 0 atom stereocenters. The van der Waals surface area contributed by atoms with Crippen molar-refractivity contribution in [1.29, 1.82) is 0 Å². The molecule has 6 heteroatoms. The summed E-state index contributed by atoms with van der Waals surface area (Å²) in [5.74, 6) is -0.918. The lowest BCUT2D eigenvalue weighted by atomic mass is 10.2. The van der Waals surface area contributed by atoms with Crippen LogP contribution in [0, 0.1) is 12.7 Å². The third kappa shape index (κ3) is 6.35. The molecule has 0 saturated heterocycles. The number of carbonyl (C=O) groups is 2. The third-order valence-corrected chi connectivity index (χ3v) is 3.62. The Morgan fingerprint density at radius 2 is 1.68 bits per heavy atom. The second-order valence-corrected chi connectivity index (χ2v) is 5.93. The first-order chi connectivity index (χ1) is 11.9. The van der Waals surface area contributed by atoms with Crippen LogP contribution in [0.2, 0.25) is 0 Å². The predicted octanol–water partition coefficient (Wildman–Crippen LogP) is 3.03. The summed E-state index contributed by atoms with van der Waals surface area (Å²) in [5, 5.41) is 5.33. The number of benzene rings is 2. The van der Waals surface area contributed by atoms with Gasteiger partial charge >= 0.3 is 0 Å². The minimum Gasteiger partial charge on any atom is -0.325 e. The fourth-order valence-electron chi connectivity index (χ4n) is 2.23. The van der Waals surface area contributed by atoms with Gasteiger partial charge in [-0.2, -0.15) is 0 Å². The van der Waals surface area contributed by atoms with E-state index in [0.29, 0.717) is 6.54 Å². The SMILES string of the molecule is Cc1ccc(NC(=O)CN(C)CCC(=O)Nc2ccccc2F)cc1. The Bertz CT molecular complexity index is 732. The topological polar surface area (TPSA) is 61.4 Å². The first kappa shape index (κ1) is 18.6. The van der Waals surface area contributed by atoms with Crippen molar-refractivity contribution in [2.45, 2.75) is 13.3 Å². The van der Waals surface area contributed by atoms with Crippen LogP contribution in [0.1, 0.15) is 12.0 Å². The molecule has 132 valence electrons. The van der Waals surface area contributed by atoms with Crippen LogP contribution in [0.15, 0.2) is 48.5 Å². The number of nitrogens with one attached hydrogen (secondary N) is 2. The molecule has 0 aliphatic carbocycles. The second kappa shape index (κ2) is 8.94. The minimum atomic E-state index is -0.471. The van der Waals surface area contributed by atoms with Crippen molar-refractivity contribution in [3.05, 3.63) is 59.9 Å². The zero-order valence-corrected chi connectivity index (χ0v) is 14.4. The summed E-state index contributed by atoms with van der Waals surface area (Å²) in [5.41, 5.74) is 2.02. The fraction of sp³-hybridized carbons (Fsp3) is 0.263. The minimum absolute atomic E-state index is 0.152. The fourth-order valence-corrected chi connectivity index (χ4v) is 2.23. The molecule has 0 aliphatic rings. The Labute approximate surface area is 146 Å². The van der Waals surface area contributed by atoms with Crippen molar-refractivity contribution < 1.29 is 14.0 Å². The Hall–Kier alpha value is -2.73. The summed E-state index contributed by atoms with van der Waals surface area (Å²) in [6, 6.07) is 13.5. The van der Waals surface area contributed by atoms with Gasteiger partial charge in [0, 0.05) is 18.7 Å². The first-order valence-electron chi connectivity index (χ1n) is 8.03. The van der Waals surface area contributed by atoms with Crippen molar-refractivity contribution in [2.75, 3.05) is 30.8 Å². The maximum atomic E-state index is 13.5. The number of carbonyl (C=O) groups excluding carboxylic acids is 2. The van der Waals surface area contributed by atoms with Crippen LogP contribution in [-0.4, -0.2) is 36.9 Å². The molecule has 2 N–H and O–H groups in total. The maximum Gasteiger partial charge on any atom is 0.238 e. The van der Waals surface area contributed by atoms with Gasteiger partial charge in [-0.15, -0.1) is 0 Å². The molecule has 0 aromatic heterocycles. The number of para-hydroxylation sites is 1. The van der Waals surface area contributed by atoms with Gasteiger partial charge in [0.2, 0.25) is 11.8 Å². The number of amides is 2. The smallest absolute Gasteiger partial charge is 0.238 e. The molecule has 0 bridgehead atoms. The van der Waals surface area contributed by atoms with E-state index in [4.69, 9.17) is 0 Å². The molecule has 0 heterocycles. The second-order valence-electron chi connectivity index (χ2n) is 5.93. The zero-order chi connectivity index (χ0) is 18.2. The quantitative estimate of drug-likeness (QED) is 0.812. The number of hydrogen-bond acceptors (Lipinski definition) is 3. The van der Waals surface area contributed by atoms with Gasteiger partial charge in [-0.05, 0) is 38.2 Å². The molecule has 0 unspecified atom stereocenters. The molecular formula is C19H22FN3O2. The number of anilines is 2. The monoisotopic (exact) mass is 343 g/mol. The Morgan fingerprint density at radius 3 is 2.36 bits per heavy atom. The van der Waals surface area contributed by atoms with Crippen molar-refractivity contribution in [1.82, 2.24) is 4.90 Å². The molecule has 0 spiro atoms. The molecule has 0 radical (unpaired) electrons. The van der Waals surface area contributed by atoms with Crippen molar-refractivity contribution in [2.24, 2.45) is 0 Å². The highest BCUT2D eigenvalue weighted by atomic mass is 19.1. The normalized spacial score (nSPS) is 10.6. The van der Waals surface area contributed by atoms with Gasteiger partial charge in [0.1, 0.15) is 5.82 Å². The summed E-state index contributed by atoms with van der Waals surface area (Å²) in [7, 11) is 1.76. The highest BCUT2D eigenvalue weighted by molar-refractivity contribution is 5.92. The highest BCUT2D eigenvalue weighted by Crippen LogP contribution is 2.12. The van der Waals surface area contributed by atoms with Crippen LogP contribution < -0.4 is 10.6 Å². The van der Waals surface area contributed by atoms with Gasteiger partial charge in [0.25, 0.3) is 0 Å². The van der Waals surface area contributed by atoms with Crippen LogP contribution >= 0.6 is 0 Å². The van der Waals surface area contributed by atoms with Gasteiger partial charge in [-0.1, -0.05) is 29.8 Å². The summed E-state index contributed by atoms with van der Waals surface area (Å²) in [6.07, 6.45) is 0.169. The number of likely N-dealkylation sites (N-methyl/N-ethyl adjacent to an activating group) is 1. The standard InChI is InChI=1S/C19H22FN3O2/c1-14-7-9-15(10-8-14)21-19(25)13-23(2)12-11-18(24)22-17-6-4-3-5-16(17)20/h3-10H,11-13H2,1-2H3,(H,21,25)(H,22,24).